The van der Waals surface area contributed by atoms with Gasteiger partial charge in [0, 0.05) is 6.54 Å². The van der Waals surface area contributed by atoms with Crippen molar-refractivity contribution in [1.82, 2.24) is 9.62 Å². The number of likely N-dealkylation sites (N-methyl/N-ethyl adjacent to an activating group) is 1. The van der Waals surface area contributed by atoms with E-state index >= 15 is 0 Å². The first-order chi connectivity index (χ1) is 12.8. The minimum absolute atomic E-state index is 0.0655. The largest absolute Gasteiger partial charge is 0.495 e. The maximum atomic E-state index is 13.1. The van der Waals surface area contributed by atoms with Crippen molar-refractivity contribution in [2.24, 2.45) is 0 Å². The van der Waals surface area contributed by atoms with E-state index in [1.54, 1.807) is 25.1 Å². The Balaban J connectivity index is 2.18. The van der Waals surface area contributed by atoms with Gasteiger partial charge >= 0.3 is 0 Å². The quantitative estimate of drug-likeness (QED) is 0.752. The highest BCUT2D eigenvalue weighted by atomic mass is 32.2. The molecule has 0 aliphatic heterocycles. The van der Waals surface area contributed by atoms with E-state index in [1.165, 1.54) is 7.11 Å². The molecule has 2 aromatic rings. The van der Waals surface area contributed by atoms with Gasteiger partial charge in [-0.15, -0.1) is 0 Å². The Bertz CT molecular complexity index is 882. The topological polar surface area (TPSA) is 75.7 Å². The standard InChI is InChI=1S/C20H26N2O4S/c1-5-22(14-20(23)21-16(3)17-9-7-6-8-10-17)27(24,25)19-13-15(2)11-12-18(19)26-4/h6-13,16H,5,14H2,1-4H3,(H,21,23)/t16-/m1/s1. The van der Waals surface area contributed by atoms with Gasteiger partial charge in [0.05, 0.1) is 19.7 Å². The lowest BCUT2D eigenvalue weighted by atomic mass is 10.1. The van der Waals surface area contributed by atoms with E-state index in [0.29, 0.717) is 0 Å². The molecule has 0 aliphatic carbocycles. The van der Waals surface area contributed by atoms with Gasteiger partial charge in [0.2, 0.25) is 15.9 Å². The molecule has 7 heteroatoms. The Hall–Kier alpha value is -2.38. The molecule has 1 atom stereocenters. The molecule has 6 nitrogen and oxygen atoms in total. The Morgan fingerprint density at radius 2 is 1.85 bits per heavy atom. The minimum Gasteiger partial charge on any atom is -0.495 e. The number of hydrogen-bond acceptors (Lipinski definition) is 4. The summed E-state index contributed by atoms with van der Waals surface area (Å²) >= 11 is 0. The molecule has 0 fully saturated rings. The van der Waals surface area contributed by atoms with Gasteiger partial charge in [-0.1, -0.05) is 43.3 Å². The van der Waals surface area contributed by atoms with E-state index < -0.39 is 10.0 Å². The molecule has 0 bridgehead atoms. The number of carbonyl (C=O) groups excluding carboxylic acids is 1. The van der Waals surface area contributed by atoms with Gasteiger partial charge in [0.25, 0.3) is 0 Å². The summed E-state index contributed by atoms with van der Waals surface area (Å²) in [6, 6.07) is 14.3. The third kappa shape index (κ3) is 5.08. The molecule has 146 valence electrons. The van der Waals surface area contributed by atoms with Crippen molar-refractivity contribution in [1.29, 1.82) is 0 Å². The first-order valence-corrected chi connectivity index (χ1v) is 10.2. The van der Waals surface area contributed by atoms with Gasteiger partial charge in [-0.2, -0.15) is 4.31 Å². The molecule has 0 unspecified atom stereocenters. The highest BCUT2D eigenvalue weighted by molar-refractivity contribution is 7.89. The van der Waals surface area contributed by atoms with Crippen LogP contribution in [-0.4, -0.2) is 38.8 Å². The van der Waals surface area contributed by atoms with Crippen LogP contribution in [0.15, 0.2) is 53.4 Å². The summed E-state index contributed by atoms with van der Waals surface area (Å²) < 4.78 is 32.5. The number of benzene rings is 2. The maximum absolute atomic E-state index is 13.1. The number of amides is 1. The van der Waals surface area contributed by atoms with E-state index in [2.05, 4.69) is 5.32 Å². The Morgan fingerprint density at radius 3 is 2.44 bits per heavy atom. The van der Waals surface area contributed by atoms with Crippen molar-refractivity contribution in [2.75, 3.05) is 20.2 Å². The summed E-state index contributed by atoms with van der Waals surface area (Å²) in [5.41, 5.74) is 1.75. The molecule has 0 heterocycles. The molecule has 1 N–H and O–H groups in total. The van der Waals surface area contributed by atoms with Crippen LogP contribution in [0.3, 0.4) is 0 Å². The van der Waals surface area contributed by atoms with Gasteiger partial charge < -0.3 is 10.1 Å². The lowest BCUT2D eigenvalue weighted by Gasteiger charge is -2.23. The third-order valence-electron chi connectivity index (χ3n) is 4.29. The first kappa shape index (κ1) is 20.9. The van der Waals surface area contributed by atoms with E-state index in [-0.39, 0.29) is 35.7 Å². The summed E-state index contributed by atoms with van der Waals surface area (Å²) in [5, 5.41) is 2.85. The number of rotatable bonds is 8. The van der Waals surface area contributed by atoms with Crippen LogP contribution in [0.2, 0.25) is 0 Å². The van der Waals surface area contributed by atoms with E-state index in [9.17, 15) is 13.2 Å². The zero-order valence-corrected chi connectivity index (χ0v) is 16.9. The molecule has 0 saturated heterocycles. The second-order valence-electron chi connectivity index (χ2n) is 6.29. The number of nitrogens with one attached hydrogen (secondary N) is 1. The average Bonchev–Trinajstić information content (AvgIpc) is 2.66. The summed E-state index contributed by atoms with van der Waals surface area (Å²) in [7, 11) is -2.44. The zero-order valence-electron chi connectivity index (χ0n) is 16.1. The molecule has 0 radical (unpaired) electrons. The maximum Gasteiger partial charge on any atom is 0.247 e. The van der Waals surface area contributed by atoms with Crippen LogP contribution in [0.25, 0.3) is 0 Å². The highest BCUT2D eigenvalue weighted by Gasteiger charge is 2.28. The number of nitrogens with zero attached hydrogens (tertiary/aromatic N) is 1. The van der Waals surface area contributed by atoms with Crippen molar-refractivity contribution in [3.63, 3.8) is 0 Å². The number of ether oxygens (including phenoxy) is 1. The first-order valence-electron chi connectivity index (χ1n) is 8.78. The fourth-order valence-corrected chi connectivity index (χ4v) is 4.41. The predicted octanol–water partition coefficient (Wildman–Crippen LogP) is 2.89. The van der Waals surface area contributed by atoms with Crippen molar-refractivity contribution < 1.29 is 17.9 Å². The van der Waals surface area contributed by atoms with Crippen LogP contribution in [0, 0.1) is 6.92 Å². The fraction of sp³-hybridized carbons (Fsp3) is 0.350. The van der Waals surface area contributed by atoms with Crippen LogP contribution >= 0.6 is 0 Å². The summed E-state index contributed by atoms with van der Waals surface area (Å²) in [5.74, 6) is -0.0968. The normalized spacial score (nSPS) is 12.6. The van der Waals surface area contributed by atoms with Crippen LogP contribution in [0.4, 0.5) is 0 Å². The zero-order chi connectivity index (χ0) is 20.0. The monoisotopic (exact) mass is 390 g/mol. The molecule has 0 aromatic heterocycles. The molecule has 27 heavy (non-hydrogen) atoms. The summed E-state index contributed by atoms with van der Waals surface area (Å²) in [4.78, 5) is 12.5. The Morgan fingerprint density at radius 1 is 1.19 bits per heavy atom. The van der Waals surface area contributed by atoms with Gasteiger partial charge in [0.1, 0.15) is 10.6 Å². The second kappa shape index (κ2) is 9.01. The van der Waals surface area contributed by atoms with Gasteiger partial charge in [-0.05, 0) is 37.1 Å². The summed E-state index contributed by atoms with van der Waals surface area (Å²) in [6.45, 7) is 5.29. The SMILES string of the molecule is CCN(CC(=O)N[C@H](C)c1ccccc1)S(=O)(=O)c1cc(C)ccc1OC. The number of aryl methyl sites for hydroxylation is 1. The number of hydrogen-bond donors (Lipinski definition) is 1. The van der Waals surface area contributed by atoms with Gasteiger partial charge in [0.15, 0.2) is 0 Å². The highest BCUT2D eigenvalue weighted by Crippen LogP contribution is 2.27. The van der Waals surface area contributed by atoms with Gasteiger partial charge in [-0.25, -0.2) is 8.42 Å². The summed E-state index contributed by atoms with van der Waals surface area (Å²) in [6.07, 6.45) is 0. The fourth-order valence-electron chi connectivity index (χ4n) is 2.76. The number of methoxy groups -OCH3 is 1. The van der Waals surface area contributed by atoms with Crippen molar-refractivity contribution in [3.8, 4) is 5.75 Å². The number of carbonyl (C=O) groups is 1. The predicted molar refractivity (Wildman–Crippen MR) is 105 cm³/mol. The van der Waals surface area contributed by atoms with E-state index in [0.717, 1.165) is 15.4 Å². The number of sulfonamides is 1. The van der Waals surface area contributed by atoms with Crippen LogP contribution in [0.1, 0.15) is 31.0 Å². The molecule has 0 spiro atoms. The van der Waals surface area contributed by atoms with Crippen molar-refractivity contribution in [3.05, 3.63) is 59.7 Å². The Labute approximate surface area is 161 Å². The van der Waals surface area contributed by atoms with E-state index in [4.69, 9.17) is 4.74 Å². The molecule has 2 rings (SSSR count). The lowest BCUT2D eigenvalue weighted by Crippen LogP contribution is -2.41. The third-order valence-corrected chi connectivity index (χ3v) is 6.23. The molecule has 1 amide bonds. The minimum atomic E-state index is -3.86. The molecular weight excluding hydrogens is 364 g/mol. The van der Waals surface area contributed by atoms with Gasteiger partial charge in [-0.3, -0.25) is 4.79 Å². The molecule has 0 saturated carbocycles. The Kier molecular flexibility index (Phi) is 6.98. The molecular formula is C20H26N2O4S. The van der Waals surface area contributed by atoms with Crippen molar-refractivity contribution in [2.45, 2.75) is 31.7 Å². The average molecular weight is 391 g/mol. The molecule has 2 aromatic carbocycles. The van der Waals surface area contributed by atoms with Crippen molar-refractivity contribution >= 4 is 15.9 Å². The smallest absolute Gasteiger partial charge is 0.247 e. The van der Waals surface area contributed by atoms with Crippen LogP contribution < -0.4 is 10.1 Å². The van der Waals surface area contributed by atoms with Crippen LogP contribution in [-0.2, 0) is 14.8 Å². The second-order valence-corrected chi connectivity index (χ2v) is 8.19. The van der Waals surface area contributed by atoms with Crippen LogP contribution in [0.5, 0.6) is 5.75 Å². The lowest BCUT2D eigenvalue weighted by molar-refractivity contribution is -0.121. The molecule has 0 aliphatic rings. The van der Waals surface area contributed by atoms with E-state index in [1.807, 2.05) is 44.2 Å².